The quantitative estimate of drug-likeness (QED) is 0.885. The van der Waals surface area contributed by atoms with E-state index in [9.17, 15) is 5.11 Å². The van der Waals surface area contributed by atoms with E-state index in [0.29, 0.717) is 6.42 Å². The van der Waals surface area contributed by atoms with Crippen molar-refractivity contribution in [1.82, 2.24) is 4.98 Å². The van der Waals surface area contributed by atoms with Crippen LogP contribution in [0.1, 0.15) is 31.7 Å². The van der Waals surface area contributed by atoms with Gasteiger partial charge in [-0.05, 0) is 12.8 Å². The van der Waals surface area contributed by atoms with Gasteiger partial charge in [0.25, 0.3) is 0 Å². The van der Waals surface area contributed by atoms with Gasteiger partial charge in [-0.3, -0.25) is 0 Å². The minimum absolute atomic E-state index is 0.605. The molecule has 0 radical (unpaired) electrons. The van der Waals surface area contributed by atoms with E-state index in [2.05, 4.69) is 22.5 Å². The molecular formula is C15H19NOS. The molecule has 0 saturated heterocycles. The minimum Gasteiger partial charge on any atom is -0.389 e. The van der Waals surface area contributed by atoms with Gasteiger partial charge in [0, 0.05) is 17.4 Å². The van der Waals surface area contributed by atoms with Crippen LogP contribution in [0.3, 0.4) is 0 Å². The zero-order valence-electron chi connectivity index (χ0n) is 10.9. The van der Waals surface area contributed by atoms with E-state index >= 15 is 0 Å². The number of aromatic nitrogens is 1. The number of aliphatic hydroxyl groups is 1. The van der Waals surface area contributed by atoms with Crippen LogP contribution in [0.2, 0.25) is 0 Å². The summed E-state index contributed by atoms with van der Waals surface area (Å²) in [7, 11) is 0. The number of hydrogen-bond donors (Lipinski definition) is 1. The normalized spacial score (nSPS) is 11.7. The largest absolute Gasteiger partial charge is 0.389 e. The van der Waals surface area contributed by atoms with E-state index in [0.717, 1.165) is 29.1 Å². The summed E-state index contributed by atoms with van der Waals surface area (Å²) >= 11 is 1.63. The Morgan fingerprint density at radius 2 is 1.83 bits per heavy atom. The summed E-state index contributed by atoms with van der Waals surface area (Å²) < 4.78 is 0. The van der Waals surface area contributed by atoms with Crippen molar-refractivity contribution in [3.05, 3.63) is 40.7 Å². The minimum atomic E-state index is -0.605. The van der Waals surface area contributed by atoms with Gasteiger partial charge in [-0.2, -0.15) is 0 Å². The van der Waals surface area contributed by atoms with E-state index in [-0.39, 0.29) is 0 Å². The van der Waals surface area contributed by atoms with Crippen molar-refractivity contribution < 1.29 is 5.11 Å². The lowest BCUT2D eigenvalue weighted by molar-refractivity contribution is 0.0326. The third-order valence-corrected chi connectivity index (χ3v) is 4.27. The van der Waals surface area contributed by atoms with Crippen LogP contribution in [0, 0.1) is 0 Å². The third kappa shape index (κ3) is 2.98. The Labute approximate surface area is 112 Å². The van der Waals surface area contributed by atoms with Crippen LogP contribution in [0.4, 0.5) is 0 Å². The molecule has 2 nitrogen and oxygen atoms in total. The highest BCUT2D eigenvalue weighted by Crippen LogP contribution is 2.26. The van der Waals surface area contributed by atoms with Crippen LogP contribution >= 0.6 is 11.3 Å². The Kier molecular flexibility index (Phi) is 4.15. The molecule has 1 N–H and O–H groups in total. The van der Waals surface area contributed by atoms with Gasteiger partial charge >= 0.3 is 0 Å². The van der Waals surface area contributed by atoms with Crippen LogP contribution in [0.5, 0.6) is 0 Å². The lowest BCUT2D eigenvalue weighted by atomic mass is 9.94. The van der Waals surface area contributed by atoms with Crippen LogP contribution in [0.15, 0.2) is 35.7 Å². The van der Waals surface area contributed by atoms with Crippen molar-refractivity contribution in [1.29, 1.82) is 0 Å². The lowest BCUT2D eigenvalue weighted by Crippen LogP contribution is -2.29. The molecule has 96 valence electrons. The molecule has 1 aromatic heterocycles. The second-order valence-electron chi connectivity index (χ2n) is 4.60. The highest BCUT2D eigenvalue weighted by Gasteiger charge is 2.24. The number of nitrogens with zero attached hydrogens (tertiary/aromatic N) is 1. The molecule has 0 unspecified atom stereocenters. The zero-order valence-corrected chi connectivity index (χ0v) is 11.7. The summed E-state index contributed by atoms with van der Waals surface area (Å²) in [5, 5.41) is 13.4. The van der Waals surface area contributed by atoms with Crippen molar-refractivity contribution in [3.63, 3.8) is 0 Å². The predicted molar refractivity (Wildman–Crippen MR) is 76.8 cm³/mol. The van der Waals surface area contributed by atoms with Crippen LogP contribution in [-0.4, -0.2) is 15.7 Å². The van der Waals surface area contributed by atoms with Gasteiger partial charge in [-0.1, -0.05) is 44.2 Å². The van der Waals surface area contributed by atoms with Crippen molar-refractivity contribution in [2.45, 2.75) is 38.7 Å². The van der Waals surface area contributed by atoms with Gasteiger partial charge in [0.15, 0.2) is 0 Å². The molecule has 0 saturated carbocycles. The first-order chi connectivity index (χ1) is 8.67. The molecule has 0 spiro atoms. The van der Waals surface area contributed by atoms with Gasteiger partial charge in [-0.25, -0.2) is 4.98 Å². The molecule has 0 amide bonds. The van der Waals surface area contributed by atoms with Gasteiger partial charge in [0.1, 0.15) is 0 Å². The Bertz CT molecular complexity index is 488. The number of rotatable bonds is 5. The maximum Gasteiger partial charge on any atom is 0.0961 e. The first-order valence-electron chi connectivity index (χ1n) is 6.39. The SMILES string of the molecule is CCC(O)(CC)Cc1nc(-c2ccccc2)cs1. The molecule has 2 rings (SSSR count). The molecule has 0 aliphatic carbocycles. The summed E-state index contributed by atoms with van der Waals surface area (Å²) in [6, 6.07) is 10.2. The smallest absolute Gasteiger partial charge is 0.0961 e. The molecule has 0 aliphatic heterocycles. The monoisotopic (exact) mass is 261 g/mol. The van der Waals surface area contributed by atoms with E-state index in [1.807, 2.05) is 32.0 Å². The van der Waals surface area contributed by atoms with Crippen molar-refractivity contribution in [2.24, 2.45) is 0 Å². The standard InChI is InChI=1S/C15H19NOS/c1-3-15(17,4-2)10-14-16-13(11-18-14)12-8-6-5-7-9-12/h5-9,11,17H,3-4,10H2,1-2H3. The Hall–Kier alpha value is -1.19. The second-order valence-corrected chi connectivity index (χ2v) is 5.54. The molecule has 0 aliphatic rings. The summed E-state index contributed by atoms with van der Waals surface area (Å²) in [5.41, 5.74) is 1.54. The third-order valence-electron chi connectivity index (χ3n) is 3.42. The Balaban J connectivity index is 2.16. The van der Waals surface area contributed by atoms with E-state index in [4.69, 9.17) is 0 Å². The van der Waals surface area contributed by atoms with Gasteiger partial charge < -0.3 is 5.11 Å². The van der Waals surface area contributed by atoms with E-state index < -0.39 is 5.60 Å². The van der Waals surface area contributed by atoms with Crippen molar-refractivity contribution >= 4 is 11.3 Å². The lowest BCUT2D eigenvalue weighted by Gasteiger charge is -2.23. The maximum absolute atomic E-state index is 10.3. The topological polar surface area (TPSA) is 33.1 Å². The maximum atomic E-state index is 10.3. The molecule has 3 heteroatoms. The van der Waals surface area contributed by atoms with E-state index in [1.165, 1.54) is 0 Å². The highest BCUT2D eigenvalue weighted by atomic mass is 32.1. The molecule has 0 atom stereocenters. The number of hydrogen-bond acceptors (Lipinski definition) is 3. The van der Waals surface area contributed by atoms with E-state index in [1.54, 1.807) is 11.3 Å². The fraction of sp³-hybridized carbons (Fsp3) is 0.400. The summed E-state index contributed by atoms with van der Waals surface area (Å²) in [6.45, 7) is 4.05. The Morgan fingerprint density at radius 1 is 1.17 bits per heavy atom. The summed E-state index contributed by atoms with van der Waals surface area (Å²) in [5.74, 6) is 0. The molecule has 18 heavy (non-hydrogen) atoms. The molecule has 0 fully saturated rings. The predicted octanol–water partition coefficient (Wildman–Crippen LogP) is 3.90. The van der Waals surface area contributed by atoms with Crippen molar-refractivity contribution in [2.75, 3.05) is 0 Å². The highest BCUT2D eigenvalue weighted by molar-refractivity contribution is 7.09. The summed E-state index contributed by atoms with van der Waals surface area (Å²) in [6.07, 6.45) is 2.19. The first kappa shape index (κ1) is 13.2. The molecule has 1 heterocycles. The Morgan fingerprint density at radius 3 is 2.44 bits per heavy atom. The van der Waals surface area contributed by atoms with Crippen LogP contribution in [0.25, 0.3) is 11.3 Å². The van der Waals surface area contributed by atoms with Gasteiger partial charge in [0.2, 0.25) is 0 Å². The second kappa shape index (κ2) is 5.63. The fourth-order valence-electron chi connectivity index (χ4n) is 1.92. The average Bonchev–Trinajstić information content (AvgIpc) is 2.88. The number of benzene rings is 1. The van der Waals surface area contributed by atoms with Gasteiger partial charge in [0.05, 0.1) is 16.3 Å². The summed E-state index contributed by atoms with van der Waals surface area (Å²) in [4.78, 5) is 4.62. The zero-order chi connectivity index (χ0) is 13.0. The molecule has 2 aromatic rings. The number of thiazole rings is 1. The molecular weight excluding hydrogens is 242 g/mol. The van der Waals surface area contributed by atoms with Gasteiger partial charge in [-0.15, -0.1) is 11.3 Å². The van der Waals surface area contributed by atoms with Crippen molar-refractivity contribution in [3.8, 4) is 11.3 Å². The van der Waals surface area contributed by atoms with Crippen LogP contribution < -0.4 is 0 Å². The molecule has 0 bridgehead atoms. The average molecular weight is 261 g/mol. The van der Waals surface area contributed by atoms with Crippen LogP contribution in [-0.2, 0) is 6.42 Å². The fourth-order valence-corrected chi connectivity index (χ4v) is 2.85. The first-order valence-corrected chi connectivity index (χ1v) is 7.27. The molecule has 1 aromatic carbocycles.